The van der Waals surface area contributed by atoms with Crippen molar-refractivity contribution in [3.63, 3.8) is 0 Å². The van der Waals surface area contributed by atoms with Crippen molar-refractivity contribution in [1.82, 2.24) is 25.2 Å². The molecule has 0 aliphatic carbocycles. The summed E-state index contributed by atoms with van der Waals surface area (Å²) in [7, 11) is 0. The van der Waals surface area contributed by atoms with Gasteiger partial charge in [-0.2, -0.15) is 15.0 Å². The van der Waals surface area contributed by atoms with Crippen LogP contribution in [0.3, 0.4) is 0 Å². The van der Waals surface area contributed by atoms with Gasteiger partial charge in [0.05, 0.1) is 12.4 Å². The van der Waals surface area contributed by atoms with Gasteiger partial charge in [-0.25, -0.2) is 0 Å². The molecule has 1 aromatic carbocycles. The van der Waals surface area contributed by atoms with Crippen LogP contribution in [0.5, 0.6) is 0 Å². The maximum absolute atomic E-state index is 5.54. The van der Waals surface area contributed by atoms with Gasteiger partial charge in [0, 0.05) is 10.0 Å². The molecule has 0 saturated heterocycles. The highest BCUT2D eigenvalue weighted by Crippen LogP contribution is 2.20. The Balaban J connectivity index is 1.83. The van der Waals surface area contributed by atoms with Crippen LogP contribution < -0.4 is 0 Å². The first-order chi connectivity index (χ1) is 8.81. The zero-order chi connectivity index (χ0) is 12.4. The maximum atomic E-state index is 5.54. The van der Waals surface area contributed by atoms with E-state index >= 15 is 0 Å². The first kappa shape index (κ1) is 11.1. The highest BCUT2D eigenvalue weighted by molar-refractivity contribution is 9.10. The van der Waals surface area contributed by atoms with E-state index in [-0.39, 0.29) is 0 Å². The number of aromatic nitrogens is 5. The molecular formula is C11H8BrN5O. The van der Waals surface area contributed by atoms with E-state index in [4.69, 9.17) is 4.42 Å². The molecular weight excluding hydrogens is 298 g/mol. The van der Waals surface area contributed by atoms with Crippen LogP contribution in [0.4, 0.5) is 0 Å². The summed E-state index contributed by atoms with van der Waals surface area (Å²) in [6.07, 6.45) is 3.21. The lowest BCUT2D eigenvalue weighted by molar-refractivity contribution is 0.451. The lowest BCUT2D eigenvalue weighted by Gasteiger charge is -1.95. The Morgan fingerprint density at radius 2 is 1.78 bits per heavy atom. The number of hydrogen-bond acceptors (Lipinski definition) is 5. The molecule has 0 saturated carbocycles. The molecule has 90 valence electrons. The smallest absolute Gasteiger partial charge is 0.247 e. The summed E-state index contributed by atoms with van der Waals surface area (Å²) >= 11 is 3.38. The number of rotatable bonds is 3. The molecule has 0 N–H and O–H groups in total. The molecule has 3 aromatic rings. The molecule has 0 fully saturated rings. The molecule has 0 aliphatic rings. The van der Waals surface area contributed by atoms with Crippen LogP contribution in [0.25, 0.3) is 11.5 Å². The topological polar surface area (TPSA) is 69.6 Å². The highest BCUT2D eigenvalue weighted by atomic mass is 79.9. The fraction of sp³-hybridized carbons (Fsp3) is 0.0909. The minimum absolute atomic E-state index is 0.372. The van der Waals surface area contributed by atoms with Crippen LogP contribution in [0.2, 0.25) is 0 Å². The fourth-order valence-electron chi connectivity index (χ4n) is 1.47. The Labute approximate surface area is 111 Å². The molecule has 0 radical (unpaired) electrons. The van der Waals surface area contributed by atoms with Crippen LogP contribution in [0.15, 0.2) is 45.5 Å². The molecule has 6 nitrogen and oxygen atoms in total. The van der Waals surface area contributed by atoms with E-state index in [1.165, 1.54) is 4.80 Å². The van der Waals surface area contributed by atoms with Crippen molar-refractivity contribution in [2.45, 2.75) is 6.54 Å². The van der Waals surface area contributed by atoms with Crippen molar-refractivity contribution in [3.8, 4) is 11.5 Å². The van der Waals surface area contributed by atoms with E-state index in [9.17, 15) is 0 Å². The predicted octanol–water partition coefficient (Wildman–Crippen LogP) is 2.14. The Bertz CT molecular complexity index is 632. The van der Waals surface area contributed by atoms with Gasteiger partial charge in [-0.3, -0.25) is 0 Å². The van der Waals surface area contributed by atoms with Crippen LogP contribution >= 0.6 is 15.9 Å². The second-order valence-corrected chi connectivity index (χ2v) is 4.48. The molecule has 2 heterocycles. The first-order valence-corrected chi connectivity index (χ1v) is 6.03. The Kier molecular flexibility index (Phi) is 2.89. The first-order valence-electron chi connectivity index (χ1n) is 5.24. The van der Waals surface area contributed by atoms with Gasteiger partial charge >= 0.3 is 0 Å². The van der Waals surface area contributed by atoms with Crippen molar-refractivity contribution in [1.29, 1.82) is 0 Å². The normalized spacial score (nSPS) is 10.7. The summed E-state index contributed by atoms with van der Waals surface area (Å²) in [6.45, 7) is 0.372. The van der Waals surface area contributed by atoms with Gasteiger partial charge in [0.15, 0.2) is 0 Å². The summed E-state index contributed by atoms with van der Waals surface area (Å²) in [5.41, 5.74) is 0.880. The van der Waals surface area contributed by atoms with Gasteiger partial charge in [0.2, 0.25) is 11.8 Å². The molecule has 0 unspecified atom stereocenters. The highest BCUT2D eigenvalue weighted by Gasteiger charge is 2.09. The van der Waals surface area contributed by atoms with Gasteiger partial charge in [-0.15, -0.1) is 10.2 Å². The number of nitrogens with zero attached hydrogens (tertiary/aromatic N) is 5. The lowest BCUT2D eigenvalue weighted by atomic mass is 10.2. The molecule has 7 heteroatoms. The standard InChI is InChI=1S/C11H8BrN5O/c12-9-3-1-8(2-4-9)11-16-15-10(18-11)7-17-13-5-6-14-17/h1-6H,7H2. The molecule has 0 aliphatic heterocycles. The van der Waals surface area contributed by atoms with E-state index < -0.39 is 0 Å². The van der Waals surface area contributed by atoms with Crippen LogP contribution in [-0.4, -0.2) is 25.2 Å². The van der Waals surface area contributed by atoms with Crippen LogP contribution in [-0.2, 0) is 6.54 Å². The minimum atomic E-state index is 0.372. The van der Waals surface area contributed by atoms with E-state index in [0.717, 1.165) is 10.0 Å². The monoisotopic (exact) mass is 305 g/mol. The molecule has 2 aromatic heterocycles. The second kappa shape index (κ2) is 4.69. The average Bonchev–Trinajstić information content (AvgIpc) is 3.02. The Morgan fingerprint density at radius 3 is 2.50 bits per heavy atom. The third kappa shape index (κ3) is 2.30. The van der Waals surface area contributed by atoms with Crippen molar-refractivity contribution in [2.75, 3.05) is 0 Å². The van der Waals surface area contributed by atoms with Gasteiger partial charge in [0.1, 0.15) is 6.54 Å². The minimum Gasteiger partial charge on any atom is -0.419 e. The average molecular weight is 306 g/mol. The fourth-order valence-corrected chi connectivity index (χ4v) is 1.74. The molecule has 3 rings (SSSR count). The van der Waals surface area contributed by atoms with E-state index in [2.05, 4.69) is 36.3 Å². The van der Waals surface area contributed by atoms with Crippen molar-refractivity contribution >= 4 is 15.9 Å². The van der Waals surface area contributed by atoms with Crippen molar-refractivity contribution < 1.29 is 4.42 Å². The number of halogens is 1. The van der Waals surface area contributed by atoms with Gasteiger partial charge in [-0.05, 0) is 24.3 Å². The summed E-state index contributed by atoms with van der Waals surface area (Å²) in [6, 6.07) is 7.67. The summed E-state index contributed by atoms with van der Waals surface area (Å²) in [5, 5.41) is 15.9. The van der Waals surface area contributed by atoms with E-state index in [0.29, 0.717) is 18.3 Å². The van der Waals surface area contributed by atoms with Crippen molar-refractivity contribution in [2.24, 2.45) is 0 Å². The number of benzene rings is 1. The SMILES string of the molecule is Brc1ccc(-c2nnc(Cn3nccn3)o2)cc1. The Hall–Kier alpha value is -2.02. The summed E-state index contributed by atoms with van der Waals surface area (Å²) in [5.74, 6) is 0.966. The predicted molar refractivity (Wildman–Crippen MR) is 66.6 cm³/mol. The molecule has 0 spiro atoms. The maximum Gasteiger partial charge on any atom is 0.247 e. The van der Waals surface area contributed by atoms with Gasteiger partial charge < -0.3 is 4.42 Å². The third-order valence-corrected chi connectivity index (χ3v) is 2.83. The van der Waals surface area contributed by atoms with Crippen LogP contribution in [0, 0.1) is 0 Å². The van der Waals surface area contributed by atoms with Gasteiger partial charge in [0.25, 0.3) is 0 Å². The molecule has 0 bridgehead atoms. The van der Waals surface area contributed by atoms with E-state index in [1.54, 1.807) is 12.4 Å². The van der Waals surface area contributed by atoms with E-state index in [1.807, 2.05) is 24.3 Å². The van der Waals surface area contributed by atoms with Gasteiger partial charge in [-0.1, -0.05) is 15.9 Å². The summed E-state index contributed by atoms with van der Waals surface area (Å²) < 4.78 is 6.55. The summed E-state index contributed by atoms with van der Waals surface area (Å²) in [4.78, 5) is 1.48. The quantitative estimate of drug-likeness (QED) is 0.741. The zero-order valence-corrected chi connectivity index (χ0v) is 10.8. The van der Waals surface area contributed by atoms with Crippen molar-refractivity contribution in [3.05, 3.63) is 47.0 Å². The number of hydrogen-bond donors (Lipinski definition) is 0. The molecule has 18 heavy (non-hydrogen) atoms. The molecule has 0 atom stereocenters. The third-order valence-electron chi connectivity index (χ3n) is 2.30. The van der Waals surface area contributed by atoms with Crippen LogP contribution in [0.1, 0.15) is 5.89 Å². The largest absolute Gasteiger partial charge is 0.419 e. The lowest BCUT2D eigenvalue weighted by Crippen LogP contribution is -2.03. The molecule has 0 amide bonds. The Morgan fingerprint density at radius 1 is 1.06 bits per heavy atom. The zero-order valence-electron chi connectivity index (χ0n) is 9.19. The second-order valence-electron chi connectivity index (χ2n) is 3.57.